The minimum Gasteiger partial charge on any atom is -0.340 e. The second-order valence-electron chi connectivity index (χ2n) is 5.88. The highest BCUT2D eigenvalue weighted by molar-refractivity contribution is 7.89. The summed E-state index contributed by atoms with van der Waals surface area (Å²) in [6.07, 6.45) is 2.96. The van der Waals surface area contributed by atoms with E-state index in [1.807, 2.05) is 30.3 Å². The largest absolute Gasteiger partial charge is 0.340 e. The lowest BCUT2D eigenvalue weighted by Gasteiger charge is -2.40. The van der Waals surface area contributed by atoms with Gasteiger partial charge < -0.3 is 9.47 Å². The number of aryl methyl sites for hydroxylation is 1. The molecule has 8 heteroatoms. The Morgan fingerprint density at radius 1 is 1.21 bits per heavy atom. The molecule has 0 bridgehead atoms. The van der Waals surface area contributed by atoms with Crippen LogP contribution in [0, 0.1) is 0 Å². The van der Waals surface area contributed by atoms with Gasteiger partial charge in [0.2, 0.25) is 5.91 Å². The molecule has 1 aliphatic heterocycles. The number of nitrogens with zero attached hydrogens (tertiary/aromatic N) is 4. The maximum Gasteiger partial charge on any atom is 0.262 e. The number of carbonyl (C=O) groups is 1. The number of rotatable bonds is 3. The van der Waals surface area contributed by atoms with Gasteiger partial charge >= 0.3 is 0 Å². The number of amides is 1. The van der Waals surface area contributed by atoms with Crippen LogP contribution in [0.5, 0.6) is 0 Å². The number of aromatic nitrogens is 2. The van der Waals surface area contributed by atoms with Gasteiger partial charge in [-0.3, -0.25) is 4.79 Å². The predicted octanol–water partition coefficient (Wildman–Crippen LogP) is 1.01. The number of piperazine rings is 1. The van der Waals surface area contributed by atoms with Crippen molar-refractivity contribution in [2.45, 2.75) is 18.0 Å². The van der Waals surface area contributed by atoms with Gasteiger partial charge in [0.15, 0.2) is 5.03 Å². The third-order valence-corrected chi connectivity index (χ3v) is 6.01. The van der Waals surface area contributed by atoms with Crippen LogP contribution in [0.2, 0.25) is 0 Å². The molecule has 1 aliphatic rings. The summed E-state index contributed by atoms with van der Waals surface area (Å²) in [5, 5.41) is 0.0298. The minimum absolute atomic E-state index is 0.0298. The highest BCUT2D eigenvalue weighted by Gasteiger charge is 2.38. The Bertz CT molecular complexity index is 832. The van der Waals surface area contributed by atoms with Gasteiger partial charge in [0.05, 0.1) is 12.4 Å². The molecule has 2 heterocycles. The molecular formula is C16H20N4O3S. The molecule has 0 radical (unpaired) electrons. The van der Waals surface area contributed by atoms with Crippen molar-refractivity contribution in [2.75, 3.05) is 19.6 Å². The molecule has 2 aromatic rings. The number of hydrogen-bond donors (Lipinski definition) is 0. The van der Waals surface area contributed by atoms with Crippen molar-refractivity contribution in [3.63, 3.8) is 0 Å². The summed E-state index contributed by atoms with van der Waals surface area (Å²) in [7, 11) is -1.99. The fourth-order valence-electron chi connectivity index (χ4n) is 2.93. The van der Waals surface area contributed by atoms with Crippen LogP contribution in [0.15, 0.2) is 47.9 Å². The van der Waals surface area contributed by atoms with E-state index in [-0.39, 0.29) is 17.5 Å². The molecule has 1 amide bonds. The van der Waals surface area contributed by atoms with Crippen LogP contribution >= 0.6 is 0 Å². The second kappa shape index (κ2) is 6.37. The van der Waals surface area contributed by atoms with Crippen molar-refractivity contribution in [3.8, 4) is 0 Å². The first-order valence-corrected chi connectivity index (χ1v) is 9.14. The van der Waals surface area contributed by atoms with Crippen LogP contribution in [0.4, 0.5) is 0 Å². The molecule has 128 valence electrons. The molecule has 7 nitrogen and oxygen atoms in total. The predicted molar refractivity (Wildman–Crippen MR) is 88.5 cm³/mol. The average molecular weight is 348 g/mol. The minimum atomic E-state index is -3.72. The monoisotopic (exact) mass is 348 g/mol. The molecule has 0 N–H and O–H groups in total. The Kier molecular flexibility index (Phi) is 4.42. The van der Waals surface area contributed by atoms with Crippen molar-refractivity contribution >= 4 is 15.9 Å². The molecule has 0 saturated carbocycles. The normalized spacial score (nSPS) is 19.4. The van der Waals surface area contributed by atoms with E-state index in [1.54, 1.807) is 16.5 Å². The Morgan fingerprint density at radius 3 is 2.50 bits per heavy atom. The van der Waals surface area contributed by atoms with Crippen LogP contribution in [0.25, 0.3) is 0 Å². The highest BCUT2D eigenvalue weighted by Crippen LogP contribution is 2.30. The molecule has 1 saturated heterocycles. The second-order valence-corrected chi connectivity index (χ2v) is 7.72. The smallest absolute Gasteiger partial charge is 0.262 e. The Morgan fingerprint density at radius 2 is 1.92 bits per heavy atom. The highest BCUT2D eigenvalue weighted by atomic mass is 32.2. The number of carbonyl (C=O) groups excluding carboxylic acids is 1. The van der Waals surface area contributed by atoms with Crippen molar-refractivity contribution in [1.29, 1.82) is 0 Å². The Balaban J connectivity index is 2.00. The van der Waals surface area contributed by atoms with E-state index in [0.717, 1.165) is 5.56 Å². The number of sulfonamides is 1. The summed E-state index contributed by atoms with van der Waals surface area (Å²) < 4.78 is 29.1. The fourth-order valence-corrected chi connectivity index (χ4v) is 4.49. The SMILES string of the molecule is CC(=O)N1CCN(S(=O)(=O)c2cn(C)cn2)[C@@H](c2ccccc2)C1. The molecule has 3 rings (SSSR count). The third kappa shape index (κ3) is 3.07. The number of hydrogen-bond acceptors (Lipinski definition) is 4. The average Bonchev–Trinajstić information content (AvgIpc) is 3.02. The third-order valence-electron chi connectivity index (χ3n) is 4.22. The summed E-state index contributed by atoms with van der Waals surface area (Å²) in [4.78, 5) is 17.4. The maximum absolute atomic E-state index is 13.0. The zero-order chi connectivity index (χ0) is 17.3. The standard InChI is InChI=1S/C16H20N4O3S/c1-13(21)19-8-9-20(15(10-19)14-6-4-3-5-7-14)24(22,23)16-11-18(2)12-17-16/h3-7,11-12,15H,8-10H2,1-2H3/t15-/m1/s1. The quantitative estimate of drug-likeness (QED) is 0.830. The first-order valence-electron chi connectivity index (χ1n) is 7.70. The first kappa shape index (κ1) is 16.7. The summed E-state index contributed by atoms with van der Waals surface area (Å²) in [5.41, 5.74) is 0.864. The fraction of sp³-hybridized carbons (Fsp3) is 0.375. The van der Waals surface area contributed by atoms with Crippen LogP contribution < -0.4 is 0 Å². The van der Waals surface area contributed by atoms with Gasteiger partial charge in [-0.2, -0.15) is 4.31 Å². The molecule has 24 heavy (non-hydrogen) atoms. The van der Waals surface area contributed by atoms with E-state index < -0.39 is 16.1 Å². The van der Waals surface area contributed by atoms with Crippen molar-refractivity contribution in [2.24, 2.45) is 7.05 Å². The van der Waals surface area contributed by atoms with Gasteiger partial charge in [0.25, 0.3) is 10.0 Å². The Labute approximate surface area is 141 Å². The molecule has 1 aromatic heterocycles. The van der Waals surface area contributed by atoms with E-state index in [4.69, 9.17) is 0 Å². The lowest BCUT2D eigenvalue weighted by molar-refractivity contribution is -0.131. The van der Waals surface area contributed by atoms with E-state index in [1.165, 1.54) is 23.8 Å². The summed E-state index contributed by atoms with van der Waals surface area (Å²) in [5.74, 6) is -0.0502. The molecule has 0 spiro atoms. The van der Waals surface area contributed by atoms with Crippen molar-refractivity contribution < 1.29 is 13.2 Å². The zero-order valence-electron chi connectivity index (χ0n) is 13.7. The maximum atomic E-state index is 13.0. The molecule has 1 aromatic carbocycles. The van der Waals surface area contributed by atoms with E-state index in [0.29, 0.717) is 13.1 Å². The lowest BCUT2D eigenvalue weighted by Crippen LogP contribution is -2.51. The molecular weight excluding hydrogens is 328 g/mol. The van der Waals surface area contributed by atoms with Crippen LogP contribution in [-0.2, 0) is 21.9 Å². The van der Waals surface area contributed by atoms with Crippen LogP contribution in [0.1, 0.15) is 18.5 Å². The van der Waals surface area contributed by atoms with Gasteiger partial charge in [-0.1, -0.05) is 30.3 Å². The summed E-state index contributed by atoms with van der Waals surface area (Å²) in [6, 6.07) is 8.97. The van der Waals surface area contributed by atoms with Gasteiger partial charge in [-0.05, 0) is 5.56 Å². The summed E-state index contributed by atoms with van der Waals surface area (Å²) >= 11 is 0. The van der Waals surface area contributed by atoms with Crippen molar-refractivity contribution in [1.82, 2.24) is 18.8 Å². The number of imidazole rings is 1. The topological polar surface area (TPSA) is 75.5 Å². The molecule has 0 aliphatic carbocycles. The van der Waals surface area contributed by atoms with Crippen LogP contribution in [-0.4, -0.2) is 52.7 Å². The lowest BCUT2D eigenvalue weighted by atomic mass is 10.0. The van der Waals surface area contributed by atoms with E-state index in [2.05, 4.69) is 4.98 Å². The van der Waals surface area contributed by atoms with E-state index >= 15 is 0 Å². The van der Waals surface area contributed by atoms with Crippen molar-refractivity contribution in [3.05, 3.63) is 48.4 Å². The van der Waals surface area contributed by atoms with Gasteiger partial charge in [-0.15, -0.1) is 0 Å². The van der Waals surface area contributed by atoms with Gasteiger partial charge in [0, 0.05) is 39.8 Å². The van der Waals surface area contributed by atoms with Crippen LogP contribution in [0.3, 0.4) is 0 Å². The molecule has 1 fully saturated rings. The Hall–Kier alpha value is -2.19. The van der Waals surface area contributed by atoms with Gasteiger partial charge in [-0.25, -0.2) is 13.4 Å². The zero-order valence-corrected chi connectivity index (χ0v) is 14.5. The first-order chi connectivity index (χ1) is 11.4. The van der Waals surface area contributed by atoms with E-state index in [9.17, 15) is 13.2 Å². The molecule has 0 unspecified atom stereocenters. The summed E-state index contributed by atoms with van der Waals surface area (Å²) in [6.45, 7) is 2.47. The van der Waals surface area contributed by atoms with Gasteiger partial charge in [0.1, 0.15) is 0 Å². The molecule has 1 atom stereocenters. The number of benzene rings is 1.